The van der Waals surface area contributed by atoms with Crippen molar-refractivity contribution in [2.24, 2.45) is 13.0 Å². The lowest BCUT2D eigenvalue weighted by atomic mass is 10.1. The van der Waals surface area contributed by atoms with Gasteiger partial charge in [0.15, 0.2) is 0 Å². The van der Waals surface area contributed by atoms with E-state index >= 15 is 0 Å². The molecule has 1 aliphatic carbocycles. The van der Waals surface area contributed by atoms with Crippen molar-refractivity contribution in [1.29, 1.82) is 0 Å². The molecule has 1 saturated carbocycles. The lowest BCUT2D eigenvalue weighted by Gasteiger charge is -2.14. The van der Waals surface area contributed by atoms with E-state index < -0.39 is 0 Å². The van der Waals surface area contributed by atoms with E-state index in [1.54, 1.807) is 9.58 Å². The predicted molar refractivity (Wildman–Crippen MR) is 99.3 cm³/mol. The SMILES string of the molecule is CCc1nc(-c2nnn(C)c2CN2C[C@H](CC3CC3)OC2=O)ccc1Br. The van der Waals surface area contributed by atoms with Crippen LogP contribution < -0.4 is 0 Å². The summed E-state index contributed by atoms with van der Waals surface area (Å²) in [5, 5.41) is 8.44. The Hall–Kier alpha value is -1.96. The second-order valence-electron chi connectivity index (χ2n) is 7.05. The highest BCUT2D eigenvalue weighted by molar-refractivity contribution is 9.10. The van der Waals surface area contributed by atoms with Crippen molar-refractivity contribution in [2.75, 3.05) is 6.54 Å². The molecule has 0 bridgehead atoms. The summed E-state index contributed by atoms with van der Waals surface area (Å²) in [6.07, 6.45) is 4.09. The van der Waals surface area contributed by atoms with Crippen molar-refractivity contribution >= 4 is 22.0 Å². The molecule has 138 valence electrons. The van der Waals surface area contributed by atoms with E-state index in [1.165, 1.54) is 12.8 Å². The molecule has 2 aliphatic rings. The van der Waals surface area contributed by atoms with Gasteiger partial charge in [-0.25, -0.2) is 14.5 Å². The lowest BCUT2D eigenvalue weighted by Crippen LogP contribution is -2.26. The van der Waals surface area contributed by atoms with E-state index in [0.29, 0.717) is 18.8 Å². The molecule has 1 amide bonds. The summed E-state index contributed by atoms with van der Waals surface area (Å²) in [6, 6.07) is 3.91. The third-order valence-electron chi connectivity index (χ3n) is 5.02. The Labute approximate surface area is 160 Å². The smallest absolute Gasteiger partial charge is 0.410 e. The second-order valence-corrected chi connectivity index (χ2v) is 7.91. The maximum absolute atomic E-state index is 12.2. The Morgan fingerprint density at radius 1 is 1.35 bits per heavy atom. The van der Waals surface area contributed by atoms with E-state index in [9.17, 15) is 4.79 Å². The van der Waals surface area contributed by atoms with Crippen molar-refractivity contribution in [2.45, 2.75) is 45.3 Å². The van der Waals surface area contributed by atoms with Gasteiger partial charge in [0.1, 0.15) is 11.8 Å². The molecular formula is C18H22BrN5O2. The number of aromatic nitrogens is 4. The molecule has 0 spiro atoms. The van der Waals surface area contributed by atoms with Gasteiger partial charge in [0.25, 0.3) is 0 Å². The van der Waals surface area contributed by atoms with Crippen LogP contribution >= 0.6 is 15.9 Å². The minimum Gasteiger partial charge on any atom is -0.444 e. The zero-order chi connectivity index (χ0) is 18.3. The number of hydrogen-bond acceptors (Lipinski definition) is 5. The summed E-state index contributed by atoms with van der Waals surface area (Å²) in [5.74, 6) is 0.737. The number of rotatable bonds is 6. The highest BCUT2D eigenvalue weighted by Gasteiger charge is 2.36. The van der Waals surface area contributed by atoms with Crippen LogP contribution in [0.2, 0.25) is 0 Å². The molecule has 0 unspecified atom stereocenters. The van der Waals surface area contributed by atoms with Gasteiger partial charge in [-0.2, -0.15) is 0 Å². The number of carbonyl (C=O) groups is 1. The van der Waals surface area contributed by atoms with Crippen LogP contribution in [0.1, 0.15) is 37.6 Å². The van der Waals surface area contributed by atoms with Crippen LogP contribution in [0.15, 0.2) is 16.6 Å². The van der Waals surface area contributed by atoms with Gasteiger partial charge in [-0.05, 0) is 46.8 Å². The van der Waals surface area contributed by atoms with Gasteiger partial charge in [-0.1, -0.05) is 25.0 Å². The summed E-state index contributed by atoms with van der Waals surface area (Å²) in [4.78, 5) is 18.7. The zero-order valence-electron chi connectivity index (χ0n) is 15.0. The quantitative estimate of drug-likeness (QED) is 0.717. The fourth-order valence-corrected chi connectivity index (χ4v) is 3.85. The van der Waals surface area contributed by atoms with Gasteiger partial charge in [0.2, 0.25) is 0 Å². The third kappa shape index (κ3) is 3.47. The van der Waals surface area contributed by atoms with Crippen molar-refractivity contribution in [1.82, 2.24) is 24.9 Å². The largest absolute Gasteiger partial charge is 0.444 e. The zero-order valence-corrected chi connectivity index (χ0v) is 16.6. The fourth-order valence-electron chi connectivity index (χ4n) is 3.35. The Morgan fingerprint density at radius 3 is 2.88 bits per heavy atom. The average Bonchev–Trinajstić information content (AvgIpc) is 3.27. The number of hydrogen-bond donors (Lipinski definition) is 0. The average molecular weight is 420 g/mol. The standard InChI is InChI=1S/C18H22BrN5O2/c1-3-14-13(19)6-7-15(20-14)17-16(23(2)22-21-17)10-24-9-12(26-18(24)25)8-11-4-5-11/h6-7,11-12H,3-5,8-10H2,1-2H3/t12-/m0/s1. The van der Waals surface area contributed by atoms with Crippen LogP contribution in [0.5, 0.6) is 0 Å². The van der Waals surface area contributed by atoms with Crippen LogP contribution in [0.4, 0.5) is 4.79 Å². The van der Waals surface area contributed by atoms with Crippen molar-refractivity contribution in [3.8, 4) is 11.4 Å². The van der Waals surface area contributed by atoms with Gasteiger partial charge in [0.05, 0.1) is 30.2 Å². The first-order valence-corrected chi connectivity index (χ1v) is 9.84. The normalized spacial score (nSPS) is 19.9. The number of aryl methyl sites for hydroxylation is 2. The highest BCUT2D eigenvalue weighted by atomic mass is 79.9. The molecule has 4 rings (SSSR count). The van der Waals surface area contributed by atoms with E-state index in [-0.39, 0.29) is 12.2 Å². The molecule has 8 heteroatoms. The number of nitrogens with zero attached hydrogens (tertiary/aromatic N) is 5. The van der Waals surface area contributed by atoms with Crippen LogP contribution in [0.3, 0.4) is 0 Å². The van der Waals surface area contributed by atoms with Gasteiger partial charge in [-0.3, -0.25) is 4.90 Å². The maximum Gasteiger partial charge on any atom is 0.410 e. The molecule has 2 fully saturated rings. The lowest BCUT2D eigenvalue weighted by molar-refractivity contribution is 0.126. The van der Waals surface area contributed by atoms with Crippen LogP contribution in [0, 0.1) is 5.92 Å². The monoisotopic (exact) mass is 419 g/mol. The predicted octanol–water partition coefficient (Wildman–Crippen LogP) is 3.32. The van der Waals surface area contributed by atoms with Gasteiger partial charge < -0.3 is 4.74 Å². The molecule has 0 N–H and O–H groups in total. The topological polar surface area (TPSA) is 73.1 Å². The second kappa shape index (κ2) is 6.98. The minimum atomic E-state index is -0.249. The summed E-state index contributed by atoms with van der Waals surface area (Å²) in [7, 11) is 1.84. The van der Waals surface area contributed by atoms with E-state index in [4.69, 9.17) is 9.72 Å². The summed E-state index contributed by atoms with van der Waals surface area (Å²) < 4.78 is 8.23. The molecular weight excluding hydrogens is 398 g/mol. The Balaban J connectivity index is 1.56. The number of amides is 1. The Morgan fingerprint density at radius 2 is 2.15 bits per heavy atom. The van der Waals surface area contributed by atoms with Crippen molar-refractivity contribution < 1.29 is 9.53 Å². The molecule has 26 heavy (non-hydrogen) atoms. The molecule has 2 aromatic rings. The van der Waals surface area contributed by atoms with Gasteiger partial charge in [-0.15, -0.1) is 5.10 Å². The summed E-state index contributed by atoms with van der Waals surface area (Å²) >= 11 is 3.52. The molecule has 1 atom stereocenters. The summed E-state index contributed by atoms with van der Waals surface area (Å²) in [5.41, 5.74) is 3.33. The van der Waals surface area contributed by atoms with E-state index in [2.05, 4.69) is 33.2 Å². The molecule has 0 aromatic carbocycles. The molecule has 0 radical (unpaired) electrons. The van der Waals surface area contributed by atoms with Gasteiger partial charge in [0, 0.05) is 11.5 Å². The van der Waals surface area contributed by atoms with Crippen molar-refractivity contribution in [3.05, 3.63) is 28.0 Å². The first-order chi connectivity index (χ1) is 12.5. The Bertz CT molecular complexity index is 833. The minimum absolute atomic E-state index is 0.0112. The van der Waals surface area contributed by atoms with Crippen molar-refractivity contribution in [3.63, 3.8) is 0 Å². The van der Waals surface area contributed by atoms with Crippen LogP contribution in [-0.2, 0) is 24.8 Å². The van der Waals surface area contributed by atoms with Crippen LogP contribution in [0.25, 0.3) is 11.4 Å². The molecule has 3 heterocycles. The summed E-state index contributed by atoms with van der Waals surface area (Å²) in [6.45, 7) is 3.13. The van der Waals surface area contributed by atoms with Crippen LogP contribution in [-0.4, -0.2) is 43.6 Å². The molecule has 2 aromatic heterocycles. The number of carbonyl (C=O) groups excluding carboxylic acids is 1. The first kappa shape index (κ1) is 17.5. The number of halogens is 1. The van der Waals surface area contributed by atoms with E-state index in [1.807, 2.05) is 19.2 Å². The molecule has 1 aliphatic heterocycles. The first-order valence-electron chi connectivity index (χ1n) is 9.05. The highest BCUT2D eigenvalue weighted by Crippen LogP contribution is 2.36. The van der Waals surface area contributed by atoms with Gasteiger partial charge >= 0.3 is 6.09 Å². The van der Waals surface area contributed by atoms with E-state index in [0.717, 1.165) is 40.3 Å². The third-order valence-corrected chi connectivity index (χ3v) is 5.74. The number of cyclic esters (lactones) is 1. The Kier molecular flexibility index (Phi) is 4.69. The number of pyridine rings is 1. The fraction of sp³-hybridized carbons (Fsp3) is 0.556. The number of ether oxygens (including phenoxy) is 1. The molecule has 7 nitrogen and oxygen atoms in total. The maximum atomic E-state index is 12.2. The molecule has 1 saturated heterocycles.